The second-order valence-electron chi connectivity index (χ2n) is 6.62. The molecule has 0 radical (unpaired) electrons. The van der Waals surface area contributed by atoms with E-state index in [1.807, 2.05) is 6.92 Å². The van der Waals surface area contributed by atoms with Crippen LogP contribution in [0.1, 0.15) is 49.7 Å². The second-order valence-corrected chi connectivity index (χ2v) is 6.62. The van der Waals surface area contributed by atoms with Crippen molar-refractivity contribution in [1.29, 1.82) is 0 Å². The summed E-state index contributed by atoms with van der Waals surface area (Å²) in [5.74, 6) is 0.370. The van der Waals surface area contributed by atoms with Gasteiger partial charge in [-0.2, -0.15) is 0 Å². The van der Waals surface area contributed by atoms with Gasteiger partial charge in [-0.25, -0.2) is 0 Å². The van der Waals surface area contributed by atoms with Crippen LogP contribution in [-0.4, -0.2) is 34.0 Å². The van der Waals surface area contributed by atoms with Gasteiger partial charge in [-0.1, -0.05) is 38.8 Å². The fraction of sp³-hybridized carbons (Fsp3) is 0.429. The Bertz CT molecular complexity index is 805. The fourth-order valence-electron chi connectivity index (χ4n) is 3.11. The van der Waals surface area contributed by atoms with Crippen molar-refractivity contribution in [2.75, 3.05) is 13.1 Å². The second kappa shape index (κ2) is 8.70. The van der Waals surface area contributed by atoms with Crippen LogP contribution in [0.4, 0.5) is 0 Å². The van der Waals surface area contributed by atoms with Crippen molar-refractivity contribution in [3.63, 3.8) is 0 Å². The van der Waals surface area contributed by atoms with Crippen LogP contribution in [0.15, 0.2) is 35.1 Å². The van der Waals surface area contributed by atoms with Crippen LogP contribution >= 0.6 is 0 Å². The molecule has 5 heteroatoms. The van der Waals surface area contributed by atoms with E-state index < -0.39 is 0 Å². The third kappa shape index (κ3) is 4.34. The lowest BCUT2D eigenvalue weighted by Crippen LogP contribution is -2.38. The smallest absolute Gasteiger partial charge is 0.261 e. The molecule has 26 heavy (non-hydrogen) atoms. The zero-order chi connectivity index (χ0) is 19.3. The molecule has 1 aromatic heterocycles. The summed E-state index contributed by atoms with van der Waals surface area (Å²) in [6.45, 7) is 9.20. The molecule has 0 bridgehead atoms. The third-order valence-corrected chi connectivity index (χ3v) is 4.95. The number of H-pyrrole nitrogens is 1. The van der Waals surface area contributed by atoms with Crippen molar-refractivity contribution in [2.24, 2.45) is 5.92 Å². The summed E-state index contributed by atoms with van der Waals surface area (Å²) in [5, 5.41) is 9.48. The van der Waals surface area contributed by atoms with Gasteiger partial charge < -0.3 is 15.0 Å². The molecule has 1 amide bonds. The van der Waals surface area contributed by atoms with Crippen molar-refractivity contribution < 1.29 is 9.90 Å². The van der Waals surface area contributed by atoms with Crippen molar-refractivity contribution >= 4 is 5.91 Å². The fourth-order valence-corrected chi connectivity index (χ4v) is 3.11. The Balaban J connectivity index is 2.42. The van der Waals surface area contributed by atoms with Crippen LogP contribution in [0.3, 0.4) is 0 Å². The van der Waals surface area contributed by atoms with Crippen LogP contribution in [-0.2, 0) is 0 Å². The number of aryl methyl sites for hydroxylation is 1. The van der Waals surface area contributed by atoms with Crippen molar-refractivity contribution in [3.05, 3.63) is 51.9 Å². The Labute approximate surface area is 154 Å². The predicted molar refractivity (Wildman–Crippen MR) is 105 cm³/mol. The Kier molecular flexibility index (Phi) is 6.61. The van der Waals surface area contributed by atoms with E-state index in [0.717, 1.165) is 24.0 Å². The molecule has 0 unspecified atom stereocenters. The highest BCUT2D eigenvalue weighted by molar-refractivity contribution is 5.95. The van der Waals surface area contributed by atoms with Crippen molar-refractivity contribution in [1.82, 2.24) is 9.88 Å². The molecular formula is C21H28N2O3. The number of rotatable bonds is 7. The zero-order valence-electron chi connectivity index (χ0n) is 16.0. The van der Waals surface area contributed by atoms with Crippen molar-refractivity contribution in [3.8, 4) is 16.9 Å². The van der Waals surface area contributed by atoms with Crippen molar-refractivity contribution in [2.45, 2.75) is 40.5 Å². The summed E-state index contributed by atoms with van der Waals surface area (Å²) in [7, 11) is 0. The standard InChI is InChI=1S/C21H28N2O3/c1-5-15(6-2)13-23(7-3)21(26)19-12-18(14(4)22-20(19)25)16-8-10-17(24)11-9-16/h8-12,15,24H,5-7,13H2,1-4H3,(H,22,25). The minimum atomic E-state index is -0.363. The van der Waals surface area contributed by atoms with Gasteiger partial charge in [0.2, 0.25) is 0 Å². The number of amides is 1. The summed E-state index contributed by atoms with van der Waals surface area (Å²) < 4.78 is 0. The number of hydrogen-bond donors (Lipinski definition) is 2. The van der Waals surface area contributed by atoms with Crippen LogP contribution in [0, 0.1) is 12.8 Å². The van der Waals surface area contributed by atoms with Gasteiger partial charge in [-0.3, -0.25) is 9.59 Å². The van der Waals surface area contributed by atoms with Gasteiger partial charge in [0.25, 0.3) is 11.5 Å². The number of benzene rings is 1. The van der Waals surface area contributed by atoms with E-state index in [4.69, 9.17) is 0 Å². The van der Waals surface area contributed by atoms with Crippen LogP contribution in [0.2, 0.25) is 0 Å². The van der Waals surface area contributed by atoms with E-state index in [9.17, 15) is 14.7 Å². The average molecular weight is 356 g/mol. The Morgan fingerprint density at radius 2 is 1.77 bits per heavy atom. The van der Waals surface area contributed by atoms with Gasteiger partial charge in [0.05, 0.1) is 0 Å². The number of phenolic OH excluding ortho intramolecular Hbond substituents is 1. The van der Waals surface area contributed by atoms with Crippen LogP contribution in [0.25, 0.3) is 11.1 Å². The van der Waals surface area contributed by atoms with E-state index in [0.29, 0.717) is 24.7 Å². The molecule has 0 fully saturated rings. The molecule has 0 saturated carbocycles. The minimum Gasteiger partial charge on any atom is -0.508 e. The summed E-state index contributed by atoms with van der Waals surface area (Å²) in [5.41, 5.74) is 2.12. The maximum Gasteiger partial charge on any atom is 0.261 e. The quantitative estimate of drug-likeness (QED) is 0.789. The van der Waals surface area contributed by atoms with Gasteiger partial charge in [0.15, 0.2) is 0 Å². The normalized spacial score (nSPS) is 11.0. The van der Waals surface area contributed by atoms with E-state index in [1.54, 1.807) is 42.2 Å². The molecule has 2 N–H and O–H groups in total. The molecule has 1 aromatic carbocycles. The molecule has 0 atom stereocenters. The number of pyridine rings is 1. The topological polar surface area (TPSA) is 73.4 Å². The molecule has 0 aliphatic carbocycles. The van der Waals surface area contributed by atoms with Crippen LogP contribution < -0.4 is 5.56 Å². The molecule has 0 spiro atoms. The Morgan fingerprint density at radius 3 is 2.31 bits per heavy atom. The number of nitrogens with zero attached hydrogens (tertiary/aromatic N) is 1. The first kappa shape index (κ1) is 19.8. The van der Waals surface area contributed by atoms with Gasteiger partial charge in [-0.15, -0.1) is 0 Å². The number of hydrogen-bond acceptors (Lipinski definition) is 3. The van der Waals surface area contributed by atoms with Gasteiger partial charge >= 0.3 is 0 Å². The number of carbonyl (C=O) groups is 1. The molecule has 0 saturated heterocycles. The lowest BCUT2D eigenvalue weighted by atomic mass is 10.0. The molecule has 5 nitrogen and oxygen atoms in total. The largest absolute Gasteiger partial charge is 0.508 e. The first-order chi connectivity index (χ1) is 12.4. The molecule has 2 aromatic rings. The number of aromatic nitrogens is 1. The molecule has 1 heterocycles. The lowest BCUT2D eigenvalue weighted by Gasteiger charge is -2.25. The number of aromatic hydroxyl groups is 1. The van der Waals surface area contributed by atoms with Gasteiger partial charge in [0, 0.05) is 24.3 Å². The average Bonchev–Trinajstić information content (AvgIpc) is 2.63. The maximum atomic E-state index is 13.0. The van der Waals surface area contributed by atoms with Gasteiger partial charge in [0.1, 0.15) is 11.3 Å². The monoisotopic (exact) mass is 356 g/mol. The highest BCUT2D eigenvalue weighted by Gasteiger charge is 2.21. The molecule has 140 valence electrons. The number of nitrogens with one attached hydrogen (secondary N) is 1. The first-order valence-corrected chi connectivity index (χ1v) is 9.23. The number of carbonyl (C=O) groups excluding carboxylic acids is 1. The molecule has 2 rings (SSSR count). The van der Waals surface area contributed by atoms with Crippen LogP contribution in [0.5, 0.6) is 5.75 Å². The maximum absolute atomic E-state index is 13.0. The highest BCUT2D eigenvalue weighted by atomic mass is 16.3. The summed E-state index contributed by atoms with van der Waals surface area (Å²) in [4.78, 5) is 29.9. The van der Waals surface area contributed by atoms with Gasteiger partial charge in [-0.05, 0) is 43.5 Å². The third-order valence-electron chi connectivity index (χ3n) is 4.95. The zero-order valence-corrected chi connectivity index (χ0v) is 16.0. The SMILES string of the molecule is CCC(CC)CN(CC)C(=O)c1cc(-c2ccc(O)cc2)c(C)[nH]c1=O. The summed E-state index contributed by atoms with van der Waals surface area (Å²) in [6, 6.07) is 8.39. The predicted octanol–water partition coefficient (Wildman–Crippen LogP) is 3.95. The summed E-state index contributed by atoms with van der Waals surface area (Å²) >= 11 is 0. The van der Waals surface area contributed by atoms with E-state index in [2.05, 4.69) is 18.8 Å². The number of phenols is 1. The number of aromatic amines is 1. The van der Waals surface area contributed by atoms with E-state index in [-0.39, 0.29) is 22.8 Å². The van der Waals surface area contributed by atoms with E-state index >= 15 is 0 Å². The Hall–Kier alpha value is -2.56. The molecular weight excluding hydrogens is 328 g/mol. The molecule has 0 aliphatic rings. The van der Waals surface area contributed by atoms with E-state index in [1.165, 1.54) is 0 Å². The highest BCUT2D eigenvalue weighted by Crippen LogP contribution is 2.24. The minimum absolute atomic E-state index is 0.159. The summed E-state index contributed by atoms with van der Waals surface area (Å²) in [6.07, 6.45) is 2.01. The lowest BCUT2D eigenvalue weighted by molar-refractivity contribution is 0.0733. The first-order valence-electron chi connectivity index (χ1n) is 9.23. The Morgan fingerprint density at radius 1 is 1.15 bits per heavy atom. The molecule has 0 aliphatic heterocycles.